The molecule has 7 heteroatoms. The molecule has 1 aromatic carbocycles. The molecule has 0 aliphatic carbocycles. The summed E-state index contributed by atoms with van der Waals surface area (Å²) in [7, 11) is 0. The van der Waals surface area contributed by atoms with E-state index in [0.717, 1.165) is 23.1 Å². The lowest BCUT2D eigenvalue weighted by Gasteiger charge is -2.09. The number of hydrogen-bond acceptors (Lipinski definition) is 6. The Bertz CT molecular complexity index is 613. The molecule has 0 radical (unpaired) electrons. The van der Waals surface area contributed by atoms with Gasteiger partial charge in [0.1, 0.15) is 18.1 Å². The summed E-state index contributed by atoms with van der Waals surface area (Å²) in [6, 6.07) is 6.88. The maximum atomic E-state index is 11.9. The highest BCUT2D eigenvalue weighted by Crippen LogP contribution is 2.16. The Morgan fingerprint density at radius 3 is 2.95 bits per heavy atom. The standard InChI is InChI=1S/C14H17N3O3S/c1-9(18)7-15-14(19)11-4-3-5-12(6-11)20-8-13-10(2)16-21-17-13/h3-6,9,18H,7-8H2,1-2H3,(H,15,19). The fourth-order valence-electron chi connectivity index (χ4n) is 1.60. The Labute approximate surface area is 127 Å². The Balaban J connectivity index is 1.97. The summed E-state index contributed by atoms with van der Waals surface area (Å²) >= 11 is 1.15. The van der Waals surface area contributed by atoms with Gasteiger partial charge in [-0.1, -0.05) is 6.07 Å². The lowest BCUT2D eigenvalue weighted by atomic mass is 10.2. The lowest BCUT2D eigenvalue weighted by molar-refractivity contribution is 0.0923. The molecule has 1 aromatic heterocycles. The smallest absolute Gasteiger partial charge is 0.251 e. The summed E-state index contributed by atoms with van der Waals surface area (Å²) < 4.78 is 13.8. The van der Waals surface area contributed by atoms with Crippen molar-refractivity contribution < 1.29 is 14.6 Å². The van der Waals surface area contributed by atoms with Gasteiger partial charge in [-0.25, -0.2) is 0 Å². The predicted octanol–water partition coefficient (Wildman–Crippen LogP) is 1.54. The second-order valence-electron chi connectivity index (χ2n) is 4.67. The van der Waals surface area contributed by atoms with Crippen molar-refractivity contribution in [1.82, 2.24) is 14.1 Å². The number of amides is 1. The van der Waals surface area contributed by atoms with Gasteiger partial charge in [0.25, 0.3) is 5.91 Å². The molecule has 0 saturated carbocycles. The molecule has 1 unspecified atom stereocenters. The van der Waals surface area contributed by atoms with Crippen molar-refractivity contribution >= 4 is 17.6 Å². The molecule has 0 fully saturated rings. The van der Waals surface area contributed by atoms with Crippen LogP contribution in [0.1, 0.15) is 28.7 Å². The summed E-state index contributed by atoms with van der Waals surface area (Å²) in [5.41, 5.74) is 2.14. The number of ether oxygens (including phenoxy) is 1. The van der Waals surface area contributed by atoms with Gasteiger partial charge in [0.05, 0.1) is 23.5 Å². The first-order valence-corrected chi connectivity index (χ1v) is 7.26. The summed E-state index contributed by atoms with van der Waals surface area (Å²) in [5, 5.41) is 11.8. The van der Waals surface area contributed by atoms with Crippen LogP contribution in [0.2, 0.25) is 0 Å². The predicted molar refractivity (Wildman–Crippen MR) is 79.4 cm³/mol. The topological polar surface area (TPSA) is 84.3 Å². The van der Waals surface area contributed by atoms with Gasteiger partial charge in [0, 0.05) is 12.1 Å². The number of aromatic nitrogens is 2. The van der Waals surface area contributed by atoms with E-state index < -0.39 is 6.10 Å². The van der Waals surface area contributed by atoms with Crippen LogP contribution in [0.15, 0.2) is 24.3 Å². The first kappa shape index (κ1) is 15.4. The molecule has 0 saturated heterocycles. The first-order chi connectivity index (χ1) is 10.1. The fourth-order valence-corrected chi connectivity index (χ4v) is 2.15. The number of nitrogens with one attached hydrogen (secondary N) is 1. The minimum absolute atomic E-state index is 0.216. The number of nitrogens with zero attached hydrogens (tertiary/aromatic N) is 2. The Morgan fingerprint density at radius 2 is 2.29 bits per heavy atom. The third-order valence-corrected chi connectivity index (χ3v) is 3.43. The zero-order valence-electron chi connectivity index (χ0n) is 11.9. The van der Waals surface area contributed by atoms with E-state index in [0.29, 0.717) is 17.9 Å². The molecule has 112 valence electrons. The van der Waals surface area contributed by atoms with E-state index in [1.165, 1.54) is 0 Å². The second kappa shape index (κ2) is 7.14. The van der Waals surface area contributed by atoms with Crippen molar-refractivity contribution in [2.75, 3.05) is 6.54 Å². The van der Waals surface area contributed by atoms with E-state index in [1.54, 1.807) is 31.2 Å². The van der Waals surface area contributed by atoms with Gasteiger partial charge in [-0.3, -0.25) is 4.79 Å². The normalized spacial score (nSPS) is 12.0. The molecule has 0 aliphatic rings. The van der Waals surface area contributed by atoms with E-state index in [4.69, 9.17) is 9.84 Å². The molecule has 1 heterocycles. The van der Waals surface area contributed by atoms with Gasteiger partial charge in [-0.05, 0) is 32.0 Å². The average molecular weight is 307 g/mol. The SMILES string of the molecule is Cc1nsnc1COc1cccc(C(=O)NCC(C)O)c1. The zero-order chi connectivity index (χ0) is 15.2. The lowest BCUT2D eigenvalue weighted by Crippen LogP contribution is -2.30. The van der Waals surface area contributed by atoms with Crippen LogP contribution in [0.4, 0.5) is 0 Å². The Morgan fingerprint density at radius 1 is 1.48 bits per heavy atom. The fraction of sp³-hybridized carbons (Fsp3) is 0.357. The van der Waals surface area contributed by atoms with Crippen LogP contribution in [0.25, 0.3) is 0 Å². The Hall–Kier alpha value is -1.99. The maximum absolute atomic E-state index is 11.9. The second-order valence-corrected chi connectivity index (χ2v) is 5.20. The molecule has 1 amide bonds. The van der Waals surface area contributed by atoms with Crippen LogP contribution in [0, 0.1) is 6.92 Å². The number of rotatable bonds is 6. The highest BCUT2D eigenvalue weighted by Gasteiger charge is 2.09. The monoisotopic (exact) mass is 307 g/mol. The quantitative estimate of drug-likeness (QED) is 0.845. The number of carbonyl (C=O) groups excluding carboxylic acids is 1. The summed E-state index contributed by atoms with van der Waals surface area (Å²) in [4.78, 5) is 11.9. The molecule has 0 spiro atoms. The highest BCUT2D eigenvalue weighted by molar-refractivity contribution is 6.99. The van der Waals surface area contributed by atoms with Crippen LogP contribution < -0.4 is 10.1 Å². The third-order valence-electron chi connectivity index (χ3n) is 2.78. The molecule has 2 aromatic rings. The van der Waals surface area contributed by atoms with Crippen LogP contribution in [-0.4, -0.2) is 32.4 Å². The number of hydrogen-bond donors (Lipinski definition) is 2. The molecule has 0 aliphatic heterocycles. The number of aliphatic hydroxyl groups is 1. The molecule has 1 atom stereocenters. The van der Waals surface area contributed by atoms with E-state index >= 15 is 0 Å². The van der Waals surface area contributed by atoms with E-state index in [2.05, 4.69) is 14.1 Å². The minimum atomic E-state index is -0.575. The minimum Gasteiger partial charge on any atom is -0.487 e. The van der Waals surface area contributed by atoms with Gasteiger partial charge in [0.2, 0.25) is 0 Å². The van der Waals surface area contributed by atoms with Gasteiger partial charge < -0.3 is 15.2 Å². The molecule has 0 bridgehead atoms. The van der Waals surface area contributed by atoms with Gasteiger partial charge in [0.15, 0.2) is 0 Å². The largest absolute Gasteiger partial charge is 0.487 e. The highest BCUT2D eigenvalue weighted by atomic mass is 32.1. The Kier molecular flexibility index (Phi) is 5.24. The maximum Gasteiger partial charge on any atom is 0.251 e. The van der Waals surface area contributed by atoms with Crippen LogP contribution in [0.5, 0.6) is 5.75 Å². The van der Waals surface area contributed by atoms with Crippen molar-refractivity contribution in [1.29, 1.82) is 0 Å². The summed E-state index contributed by atoms with van der Waals surface area (Å²) in [5.74, 6) is 0.347. The average Bonchev–Trinajstić information content (AvgIpc) is 2.88. The summed E-state index contributed by atoms with van der Waals surface area (Å²) in [6.45, 7) is 4.03. The van der Waals surface area contributed by atoms with Gasteiger partial charge in [-0.2, -0.15) is 8.75 Å². The molecule has 6 nitrogen and oxygen atoms in total. The van der Waals surface area contributed by atoms with Crippen LogP contribution in [0.3, 0.4) is 0 Å². The van der Waals surface area contributed by atoms with Crippen molar-refractivity contribution in [2.45, 2.75) is 26.6 Å². The number of carbonyl (C=O) groups is 1. The van der Waals surface area contributed by atoms with E-state index in [1.807, 2.05) is 6.92 Å². The molecule has 21 heavy (non-hydrogen) atoms. The molecule has 2 N–H and O–H groups in total. The third kappa shape index (κ3) is 4.51. The van der Waals surface area contributed by atoms with Crippen molar-refractivity contribution in [2.24, 2.45) is 0 Å². The van der Waals surface area contributed by atoms with Crippen molar-refractivity contribution in [3.05, 3.63) is 41.2 Å². The molecular formula is C14H17N3O3S. The first-order valence-electron chi connectivity index (χ1n) is 6.53. The van der Waals surface area contributed by atoms with Crippen molar-refractivity contribution in [3.63, 3.8) is 0 Å². The van der Waals surface area contributed by atoms with Crippen LogP contribution >= 0.6 is 11.7 Å². The van der Waals surface area contributed by atoms with E-state index in [-0.39, 0.29) is 12.5 Å². The van der Waals surface area contributed by atoms with E-state index in [9.17, 15) is 4.79 Å². The van der Waals surface area contributed by atoms with Crippen molar-refractivity contribution in [3.8, 4) is 5.75 Å². The summed E-state index contributed by atoms with van der Waals surface area (Å²) in [6.07, 6.45) is -0.575. The zero-order valence-corrected chi connectivity index (χ0v) is 12.7. The molecule has 2 rings (SSSR count). The van der Waals surface area contributed by atoms with Crippen LogP contribution in [-0.2, 0) is 6.61 Å². The number of benzene rings is 1. The molecular weight excluding hydrogens is 290 g/mol. The van der Waals surface area contributed by atoms with Gasteiger partial charge in [-0.15, -0.1) is 0 Å². The number of aliphatic hydroxyl groups excluding tert-OH is 1. The number of aryl methyl sites for hydroxylation is 1. The van der Waals surface area contributed by atoms with Gasteiger partial charge >= 0.3 is 0 Å².